The lowest BCUT2D eigenvalue weighted by Crippen LogP contribution is -2.53. The van der Waals surface area contributed by atoms with Crippen LogP contribution in [-0.2, 0) is 42.8 Å². The number of esters is 1. The van der Waals surface area contributed by atoms with Gasteiger partial charge in [0.05, 0.1) is 37.2 Å². The molecule has 0 amide bonds. The molecule has 0 bridgehead atoms. The van der Waals surface area contributed by atoms with Gasteiger partial charge in [0.15, 0.2) is 16.6 Å². The number of benzene rings is 2. The van der Waals surface area contributed by atoms with E-state index in [4.69, 9.17) is 27.5 Å². The molecule has 0 saturated carbocycles. The summed E-state index contributed by atoms with van der Waals surface area (Å²) < 4.78 is 39.3. The van der Waals surface area contributed by atoms with Crippen LogP contribution in [0, 0.1) is 5.92 Å². The quantitative estimate of drug-likeness (QED) is 0.0684. The number of aliphatic hydroxyl groups is 1. The summed E-state index contributed by atoms with van der Waals surface area (Å²) in [5.41, 5.74) is 3.53. The van der Waals surface area contributed by atoms with Crippen molar-refractivity contribution in [3.8, 4) is 5.75 Å². The molecular weight excluding hydrogens is 737 g/mol. The van der Waals surface area contributed by atoms with Crippen LogP contribution in [0.5, 0.6) is 5.75 Å². The maximum atomic E-state index is 13.8. The minimum atomic E-state index is -2.43. The first-order valence-electron chi connectivity index (χ1n) is 21.1. The summed E-state index contributed by atoms with van der Waals surface area (Å²) in [5.74, 6) is 0.488. The number of hydrogen-bond donors (Lipinski definition) is 1. The van der Waals surface area contributed by atoms with Crippen LogP contribution in [-0.4, -0.2) is 58.2 Å². The van der Waals surface area contributed by atoms with Gasteiger partial charge >= 0.3 is 5.97 Å². The highest BCUT2D eigenvalue weighted by atomic mass is 28.4. The van der Waals surface area contributed by atoms with E-state index in [0.717, 1.165) is 51.8 Å². The predicted octanol–water partition coefficient (Wildman–Crippen LogP) is 11.9. The molecule has 1 N–H and O–H groups in total. The molecule has 1 aliphatic rings. The SMILES string of the molecule is CCC[C@H](c1coc2c(CO[Si](C)(C)C(C)(C)C)c(OCc3ccccc3)c(CC(C)C)cc12)[C@H](O)C[C@H](O[Si](C)(C)C(C)(C)C)[C@@]1(C(=O)OCC)OC1CC. The van der Waals surface area contributed by atoms with E-state index < -0.39 is 40.4 Å². The summed E-state index contributed by atoms with van der Waals surface area (Å²) in [6, 6.07) is 12.5. The summed E-state index contributed by atoms with van der Waals surface area (Å²) in [6.45, 7) is 33.7. The number of ether oxygens (including phenoxy) is 3. The van der Waals surface area contributed by atoms with Gasteiger partial charge in [0.2, 0.25) is 5.60 Å². The first-order chi connectivity index (χ1) is 26.0. The predicted molar refractivity (Wildman–Crippen MR) is 232 cm³/mol. The molecule has 2 heterocycles. The standard InChI is InChI=1S/C46H74O8Si2/c1-16-22-34(38(47)27-40(54-56(14,15)45(9,10)11)46(39(17-2)53-46)43(48)49-18-3)36-29-51-42-35(36)26-33(25-31(4)5)41(50-28-32-23-20-19-21-24-32)37(42)30-52-55(12,13)44(6,7)8/h19-21,23-24,26,29,31,34,38-40,47H,16-18,22,25,27-28,30H2,1-15H3/t34-,38-,39?,40+,46+/m1/s1. The lowest BCUT2D eigenvalue weighted by Gasteiger charge is -2.41. The topological polar surface area (TPSA) is 99.9 Å². The van der Waals surface area contributed by atoms with Crippen molar-refractivity contribution in [3.05, 3.63) is 64.9 Å². The van der Waals surface area contributed by atoms with Crippen molar-refractivity contribution in [2.45, 2.75) is 188 Å². The molecule has 314 valence electrons. The zero-order valence-electron chi connectivity index (χ0n) is 37.4. The third-order valence-electron chi connectivity index (χ3n) is 12.6. The highest BCUT2D eigenvalue weighted by molar-refractivity contribution is 6.74. The van der Waals surface area contributed by atoms with Crippen molar-refractivity contribution in [1.29, 1.82) is 0 Å². The lowest BCUT2D eigenvalue weighted by atomic mass is 9.83. The number of aliphatic hydroxyl groups excluding tert-OH is 1. The average Bonchev–Trinajstić information content (AvgIpc) is 3.72. The van der Waals surface area contributed by atoms with E-state index in [1.54, 1.807) is 0 Å². The second kappa shape index (κ2) is 18.2. The molecule has 8 nitrogen and oxygen atoms in total. The number of carbonyl (C=O) groups is 1. The van der Waals surface area contributed by atoms with E-state index in [2.05, 4.69) is 107 Å². The van der Waals surface area contributed by atoms with Gasteiger partial charge in [-0.05, 0) is 85.6 Å². The Morgan fingerprint density at radius 1 is 0.946 bits per heavy atom. The molecule has 1 saturated heterocycles. The van der Waals surface area contributed by atoms with Crippen LogP contribution >= 0.6 is 0 Å². The Labute approximate surface area is 340 Å². The van der Waals surface area contributed by atoms with Gasteiger partial charge in [-0.25, -0.2) is 4.79 Å². The van der Waals surface area contributed by atoms with Gasteiger partial charge in [0.25, 0.3) is 0 Å². The number of carbonyl (C=O) groups excluding carboxylic acids is 1. The van der Waals surface area contributed by atoms with Crippen molar-refractivity contribution in [2.75, 3.05) is 6.61 Å². The second-order valence-corrected chi connectivity index (χ2v) is 29.0. The van der Waals surface area contributed by atoms with E-state index in [-0.39, 0.29) is 35.1 Å². The lowest BCUT2D eigenvalue weighted by molar-refractivity contribution is -0.154. The number of furan rings is 1. The van der Waals surface area contributed by atoms with Gasteiger partial charge < -0.3 is 32.6 Å². The summed E-state index contributed by atoms with van der Waals surface area (Å²) in [7, 11) is -4.59. The molecule has 0 aliphatic carbocycles. The third kappa shape index (κ3) is 10.2. The van der Waals surface area contributed by atoms with Crippen LogP contribution in [0.1, 0.15) is 130 Å². The smallest absolute Gasteiger partial charge is 0.343 e. The van der Waals surface area contributed by atoms with Crippen LogP contribution < -0.4 is 4.74 Å². The van der Waals surface area contributed by atoms with Crippen molar-refractivity contribution < 1.29 is 37.4 Å². The monoisotopic (exact) mass is 810 g/mol. The van der Waals surface area contributed by atoms with Crippen molar-refractivity contribution in [2.24, 2.45) is 5.92 Å². The number of hydrogen-bond acceptors (Lipinski definition) is 8. The van der Waals surface area contributed by atoms with Gasteiger partial charge in [-0.3, -0.25) is 0 Å². The molecule has 56 heavy (non-hydrogen) atoms. The molecule has 10 heteroatoms. The first kappa shape index (κ1) is 46.2. The Balaban J connectivity index is 1.86. The Hall–Kier alpha value is -2.48. The molecule has 4 rings (SSSR count). The molecule has 0 radical (unpaired) electrons. The first-order valence-corrected chi connectivity index (χ1v) is 26.9. The summed E-state index contributed by atoms with van der Waals surface area (Å²) >= 11 is 0. The third-order valence-corrected chi connectivity index (χ3v) is 21.6. The van der Waals surface area contributed by atoms with Crippen LogP contribution in [0.3, 0.4) is 0 Å². The minimum Gasteiger partial charge on any atom is -0.488 e. The molecular formula is C46H74O8Si2. The summed E-state index contributed by atoms with van der Waals surface area (Å²) in [5, 5.41) is 13.4. The van der Waals surface area contributed by atoms with E-state index in [1.165, 1.54) is 0 Å². The maximum absolute atomic E-state index is 13.8. The van der Waals surface area contributed by atoms with E-state index in [0.29, 0.717) is 32.0 Å². The Bertz CT molecular complexity index is 1740. The Kier molecular flexibility index (Phi) is 15.0. The molecule has 5 atom stereocenters. The molecule has 1 aliphatic heterocycles. The van der Waals surface area contributed by atoms with Crippen molar-refractivity contribution in [1.82, 2.24) is 0 Å². The average molecular weight is 811 g/mol. The molecule has 2 aromatic carbocycles. The van der Waals surface area contributed by atoms with Gasteiger partial charge in [-0.1, -0.05) is 106 Å². The number of epoxide rings is 1. The van der Waals surface area contributed by atoms with Crippen LogP contribution in [0.15, 0.2) is 47.1 Å². The summed E-state index contributed by atoms with van der Waals surface area (Å²) in [4.78, 5) is 13.8. The van der Waals surface area contributed by atoms with E-state index >= 15 is 0 Å². The largest absolute Gasteiger partial charge is 0.488 e. The maximum Gasteiger partial charge on any atom is 0.343 e. The fourth-order valence-corrected chi connectivity index (χ4v) is 9.48. The second-order valence-electron chi connectivity index (χ2n) is 19.4. The number of fused-ring (bicyclic) bond motifs is 1. The molecule has 1 fully saturated rings. The van der Waals surface area contributed by atoms with E-state index in [1.807, 2.05) is 38.3 Å². The minimum absolute atomic E-state index is 0.0172. The van der Waals surface area contributed by atoms with Crippen LogP contribution in [0.2, 0.25) is 36.3 Å². The number of rotatable bonds is 20. The fraction of sp³-hybridized carbons (Fsp3) is 0.674. The van der Waals surface area contributed by atoms with Gasteiger partial charge in [-0.15, -0.1) is 0 Å². The van der Waals surface area contributed by atoms with Crippen LogP contribution in [0.25, 0.3) is 11.0 Å². The van der Waals surface area contributed by atoms with E-state index in [9.17, 15) is 9.90 Å². The normalized spacial score (nSPS) is 19.6. The van der Waals surface area contributed by atoms with Crippen LogP contribution in [0.4, 0.5) is 0 Å². The zero-order valence-corrected chi connectivity index (χ0v) is 39.4. The Morgan fingerprint density at radius 3 is 2.12 bits per heavy atom. The molecule has 0 spiro atoms. The molecule has 3 aromatic rings. The van der Waals surface area contributed by atoms with Crippen molar-refractivity contribution >= 4 is 33.6 Å². The molecule has 1 aromatic heterocycles. The fourth-order valence-electron chi connectivity index (χ4n) is 7.21. The molecule has 1 unspecified atom stereocenters. The van der Waals surface area contributed by atoms with Gasteiger partial charge in [-0.2, -0.15) is 0 Å². The summed E-state index contributed by atoms with van der Waals surface area (Å²) in [6.07, 6.45) is 3.19. The highest BCUT2D eigenvalue weighted by Crippen LogP contribution is 2.50. The van der Waals surface area contributed by atoms with Gasteiger partial charge in [0.1, 0.15) is 24.0 Å². The Morgan fingerprint density at radius 2 is 1.59 bits per heavy atom. The van der Waals surface area contributed by atoms with Crippen molar-refractivity contribution in [3.63, 3.8) is 0 Å². The zero-order chi connectivity index (χ0) is 41.9. The highest BCUT2D eigenvalue weighted by Gasteiger charge is 2.69. The van der Waals surface area contributed by atoms with Gasteiger partial charge in [0, 0.05) is 23.3 Å².